The molecule has 2 atom stereocenters. The lowest BCUT2D eigenvalue weighted by Crippen LogP contribution is -2.49. The van der Waals surface area contributed by atoms with Gasteiger partial charge in [0.1, 0.15) is 11.8 Å². The molecule has 220 valence electrons. The van der Waals surface area contributed by atoms with Crippen LogP contribution in [0.3, 0.4) is 0 Å². The van der Waals surface area contributed by atoms with Gasteiger partial charge < -0.3 is 30.9 Å². The number of amides is 2. The Bertz CT molecular complexity index is 968. The number of carboxylic acid groups (broad SMARTS) is 2. The van der Waals surface area contributed by atoms with Crippen molar-refractivity contribution < 1.29 is 47.3 Å². The van der Waals surface area contributed by atoms with E-state index in [0.717, 1.165) is 18.4 Å². The Hall–Kier alpha value is -3.04. The molecule has 1 aromatic rings. The zero-order valence-corrected chi connectivity index (χ0v) is 22.6. The lowest BCUT2D eigenvalue weighted by atomic mass is 10.1. The Morgan fingerprint density at radius 1 is 1.26 bits per heavy atom. The number of nitrogens with zero attached hydrogens (tertiary/aromatic N) is 2. The van der Waals surface area contributed by atoms with E-state index in [1.165, 1.54) is 11.8 Å². The van der Waals surface area contributed by atoms with Gasteiger partial charge in [0.25, 0.3) is 0 Å². The van der Waals surface area contributed by atoms with Gasteiger partial charge in [-0.05, 0) is 37.3 Å². The molecule has 0 bridgehead atoms. The maximum Gasteiger partial charge on any atom is 0.490 e. The van der Waals surface area contributed by atoms with Gasteiger partial charge in [0.2, 0.25) is 11.8 Å². The first-order chi connectivity index (χ1) is 18.3. The third-order valence-corrected chi connectivity index (χ3v) is 6.43. The number of para-hydroxylation sites is 1. The van der Waals surface area contributed by atoms with Crippen LogP contribution < -0.4 is 15.8 Å². The monoisotopic (exact) mass is 580 g/mol. The van der Waals surface area contributed by atoms with Crippen LogP contribution in [0.15, 0.2) is 24.3 Å². The maximum atomic E-state index is 12.8. The lowest BCUT2D eigenvalue weighted by Gasteiger charge is -2.31. The third kappa shape index (κ3) is 12.1. The van der Waals surface area contributed by atoms with Crippen LogP contribution in [0, 0.1) is 0 Å². The number of nitrogens with one attached hydrogen (secondary N) is 1. The summed E-state index contributed by atoms with van der Waals surface area (Å²) in [6.07, 6.45) is -1.11. The van der Waals surface area contributed by atoms with Crippen molar-refractivity contribution >= 4 is 35.5 Å². The van der Waals surface area contributed by atoms with Crippen molar-refractivity contribution in [2.45, 2.75) is 44.1 Å². The summed E-state index contributed by atoms with van der Waals surface area (Å²) >= 11 is 1.53. The number of ether oxygens (including phenoxy) is 1. The molecule has 2 rings (SSSR count). The van der Waals surface area contributed by atoms with Crippen molar-refractivity contribution in [3.63, 3.8) is 0 Å². The van der Waals surface area contributed by atoms with Gasteiger partial charge in [0, 0.05) is 31.2 Å². The topological polar surface area (TPSA) is 162 Å². The van der Waals surface area contributed by atoms with E-state index < -0.39 is 24.2 Å². The minimum Gasteiger partial charge on any atom is -0.496 e. The van der Waals surface area contributed by atoms with Gasteiger partial charge in [0.15, 0.2) is 0 Å². The summed E-state index contributed by atoms with van der Waals surface area (Å²) < 4.78 is 37.2. The molecule has 1 fully saturated rings. The van der Waals surface area contributed by atoms with E-state index in [4.69, 9.17) is 20.4 Å². The Labute approximate surface area is 228 Å². The molecule has 0 aromatic heterocycles. The van der Waals surface area contributed by atoms with Crippen molar-refractivity contribution in [1.29, 1.82) is 0 Å². The third-order valence-electron chi connectivity index (χ3n) is 5.78. The summed E-state index contributed by atoms with van der Waals surface area (Å²) in [5.41, 5.74) is 6.48. The predicted molar refractivity (Wildman–Crippen MR) is 138 cm³/mol. The largest absolute Gasteiger partial charge is 0.496 e. The van der Waals surface area contributed by atoms with Gasteiger partial charge in [-0.1, -0.05) is 18.2 Å². The van der Waals surface area contributed by atoms with Crippen molar-refractivity contribution in [3.05, 3.63) is 29.8 Å². The Morgan fingerprint density at radius 2 is 1.90 bits per heavy atom. The van der Waals surface area contributed by atoms with E-state index in [1.807, 2.05) is 35.4 Å². The minimum atomic E-state index is -5.08. The highest BCUT2D eigenvalue weighted by Crippen LogP contribution is 2.22. The van der Waals surface area contributed by atoms with Crippen molar-refractivity contribution in [2.75, 3.05) is 45.3 Å². The predicted octanol–water partition coefficient (Wildman–Crippen LogP) is 1.40. The number of alkyl halides is 3. The quantitative estimate of drug-likeness (QED) is 0.268. The molecule has 39 heavy (non-hydrogen) atoms. The maximum absolute atomic E-state index is 12.8. The first-order valence-electron chi connectivity index (χ1n) is 12.0. The van der Waals surface area contributed by atoms with E-state index >= 15 is 0 Å². The summed E-state index contributed by atoms with van der Waals surface area (Å²) in [7, 11) is 1.59. The number of thioether (sulfide) groups is 1. The molecule has 5 N–H and O–H groups in total. The SMILES string of the molecule is COc1ccccc1CN(CC(=O)N[C@@H](CCSC)C(=O)O)C[C@@H]1CCCN1C(=O)CN.O=C(O)C(F)(F)F. The number of aliphatic carboxylic acids is 2. The molecule has 1 aliphatic heterocycles. The normalized spacial score (nSPS) is 15.8. The fourth-order valence-electron chi connectivity index (χ4n) is 3.96. The van der Waals surface area contributed by atoms with E-state index in [-0.39, 0.29) is 30.9 Å². The van der Waals surface area contributed by atoms with Gasteiger partial charge in [-0.15, -0.1) is 0 Å². The van der Waals surface area contributed by atoms with Crippen LogP contribution in [0.1, 0.15) is 24.8 Å². The molecule has 0 saturated carbocycles. The zero-order valence-electron chi connectivity index (χ0n) is 21.8. The second-order valence-corrected chi connectivity index (χ2v) is 9.60. The Kier molecular flexibility index (Phi) is 14.7. The molecule has 1 aromatic carbocycles. The number of carbonyl (C=O) groups excluding carboxylic acids is 2. The number of halogens is 3. The van der Waals surface area contributed by atoms with Crippen LogP contribution in [0.25, 0.3) is 0 Å². The smallest absolute Gasteiger partial charge is 0.490 e. The molecule has 1 saturated heterocycles. The highest BCUT2D eigenvalue weighted by Gasteiger charge is 2.38. The van der Waals surface area contributed by atoms with Crippen LogP contribution >= 0.6 is 11.8 Å². The fraction of sp³-hybridized carbons (Fsp3) is 0.583. The van der Waals surface area contributed by atoms with Gasteiger partial charge in [-0.25, -0.2) is 9.59 Å². The van der Waals surface area contributed by atoms with Crippen LogP contribution in [-0.4, -0.2) is 107 Å². The Morgan fingerprint density at radius 3 is 2.44 bits per heavy atom. The van der Waals surface area contributed by atoms with Crippen molar-refractivity contribution in [3.8, 4) is 5.75 Å². The minimum absolute atomic E-state index is 0.0161. The number of carboxylic acids is 2. The molecule has 0 aliphatic carbocycles. The summed E-state index contributed by atoms with van der Waals surface area (Å²) in [6.45, 7) is 1.55. The van der Waals surface area contributed by atoms with Crippen LogP contribution in [0.5, 0.6) is 5.75 Å². The number of carbonyl (C=O) groups is 4. The van der Waals surface area contributed by atoms with Crippen molar-refractivity contribution in [1.82, 2.24) is 15.1 Å². The number of nitrogens with two attached hydrogens (primary N) is 1. The summed E-state index contributed by atoms with van der Waals surface area (Å²) in [4.78, 5) is 49.1. The molecular weight excluding hydrogens is 545 g/mol. The fourth-order valence-corrected chi connectivity index (χ4v) is 4.44. The lowest BCUT2D eigenvalue weighted by molar-refractivity contribution is -0.192. The standard InChI is InChI=1S/C22H34N4O5S.C2HF3O2/c1-31-19-8-4-3-6-16(19)13-25(14-17-7-5-10-26(17)21(28)12-23)15-20(27)24-18(22(29)30)9-11-32-2;3-2(4,5)1(6)7/h3-4,6,8,17-18H,5,7,9-15,23H2,1-2H3,(H,24,27)(H,29,30);(H,6,7)/t17-,18-;/m0./s1. The number of likely N-dealkylation sites (tertiary alicyclic amines) is 1. The van der Waals surface area contributed by atoms with Crippen LogP contribution in [-0.2, 0) is 25.7 Å². The number of hydrogen-bond acceptors (Lipinski definition) is 8. The van der Waals surface area contributed by atoms with Crippen LogP contribution in [0.2, 0.25) is 0 Å². The van der Waals surface area contributed by atoms with Gasteiger partial charge in [0.05, 0.1) is 20.2 Å². The molecule has 1 heterocycles. The second-order valence-electron chi connectivity index (χ2n) is 8.61. The molecule has 15 heteroatoms. The zero-order chi connectivity index (χ0) is 29.6. The number of benzene rings is 1. The molecule has 1 aliphatic rings. The van der Waals surface area contributed by atoms with E-state index in [0.29, 0.717) is 37.6 Å². The van der Waals surface area contributed by atoms with Gasteiger partial charge in [-0.2, -0.15) is 24.9 Å². The summed E-state index contributed by atoms with van der Waals surface area (Å²) in [5, 5.41) is 19.2. The molecule has 0 unspecified atom stereocenters. The van der Waals surface area contributed by atoms with E-state index in [1.54, 1.807) is 12.0 Å². The van der Waals surface area contributed by atoms with E-state index in [9.17, 15) is 32.7 Å². The average molecular weight is 581 g/mol. The van der Waals surface area contributed by atoms with Gasteiger partial charge in [-0.3, -0.25) is 14.5 Å². The Balaban J connectivity index is 0.000000956. The molecule has 0 radical (unpaired) electrons. The molecular formula is C24H35F3N4O7S. The molecule has 2 amide bonds. The molecule has 0 spiro atoms. The van der Waals surface area contributed by atoms with Gasteiger partial charge >= 0.3 is 18.1 Å². The number of rotatable bonds is 13. The van der Waals surface area contributed by atoms with E-state index in [2.05, 4.69) is 5.32 Å². The van der Waals surface area contributed by atoms with Crippen molar-refractivity contribution in [2.24, 2.45) is 5.73 Å². The first-order valence-corrected chi connectivity index (χ1v) is 13.4. The highest BCUT2D eigenvalue weighted by molar-refractivity contribution is 7.98. The highest BCUT2D eigenvalue weighted by atomic mass is 32.2. The average Bonchev–Trinajstić information content (AvgIpc) is 3.34. The second kappa shape index (κ2) is 16.8. The first kappa shape index (κ1) is 34.0. The number of methoxy groups -OCH3 is 1. The summed E-state index contributed by atoms with van der Waals surface area (Å²) in [5.74, 6) is -2.91. The molecule has 11 nitrogen and oxygen atoms in total. The number of hydrogen-bond donors (Lipinski definition) is 4. The summed E-state index contributed by atoms with van der Waals surface area (Å²) in [6, 6.07) is 6.60. The van der Waals surface area contributed by atoms with Crippen LogP contribution in [0.4, 0.5) is 13.2 Å².